The van der Waals surface area contributed by atoms with Crippen molar-refractivity contribution in [2.24, 2.45) is 0 Å². The lowest BCUT2D eigenvalue weighted by Crippen LogP contribution is -2.38. The summed E-state index contributed by atoms with van der Waals surface area (Å²) in [5.41, 5.74) is 11.1. The summed E-state index contributed by atoms with van der Waals surface area (Å²) in [6.07, 6.45) is 2.39. The highest BCUT2D eigenvalue weighted by Crippen LogP contribution is 2.32. The van der Waals surface area contributed by atoms with Gasteiger partial charge in [0.05, 0.1) is 32.7 Å². The highest BCUT2D eigenvalue weighted by molar-refractivity contribution is 7.86. The predicted molar refractivity (Wildman–Crippen MR) is 259 cm³/mol. The molecule has 8 rings (SSSR count). The van der Waals surface area contributed by atoms with Crippen LogP contribution in [-0.2, 0) is 49.1 Å². The zero-order valence-corrected chi connectivity index (χ0v) is 41.4. The lowest BCUT2D eigenvalue weighted by molar-refractivity contribution is 0.0741. The van der Waals surface area contributed by atoms with Crippen LogP contribution < -0.4 is 13.7 Å². The topological polar surface area (TPSA) is 115 Å². The summed E-state index contributed by atoms with van der Waals surface area (Å²) in [7, 11) is -0.0338. The number of fused-ring (bicyclic) bond motifs is 4. The smallest absolute Gasteiger partial charge is 0.306 e. The van der Waals surface area contributed by atoms with Crippen molar-refractivity contribution in [3.05, 3.63) is 123 Å². The van der Waals surface area contributed by atoms with Gasteiger partial charge in [-0.15, -0.1) is 0 Å². The van der Waals surface area contributed by atoms with Crippen molar-refractivity contribution in [2.45, 2.75) is 138 Å². The predicted octanol–water partition coefficient (Wildman–Crippen LogP) is 8.46. The fourth-order valence-corrected chi connectivity index (χ4v) is 9.22. The number of benzene rings is 4. The van der Waals surface area contributed by atoms with Gasteiger partial charge in [0.25, 0.3) is 0 Å². The number of ether oxygens (including phenoxy) is 2. The number of aryl methyl sites for hydroxylation is 1. The standard InChI is InChI=1S/C13H19NO3S.C13H19NO2.2C13H19NO/c1-10(2)14-7-6-11-8-13(17-18(3,15)16)5-4-12(11)9-14;1-9(2)14-7-10-4-5-11(16-3)6-12(10)13(15)8-14;1-9(2)14-7-11-5-4-10(3)6-12(11)13(15)8-14;1-10(2)14-8-7-12-11(9-14)5-4-6-13(12)15-3/h4-5,8,10H,6-7,9H2,1-3H3;4-6,9,13,15H,7-8H2,1-3H3;4-6,9,13,15H,7-8H2,1-3H3;4-6,10H,7-9H2,1-3H3. The minimum absolute atomic E-state index is 0.323. The van der Waals surface area contributed by atoms with Crippen molar-refractivity contribution in [3.63, 3.8) is 0 Å². The highest BCUT2D eigenvalue weighted by Gasteiger charge is 2.27. The zero-order chi connectivity index (χ0) is 46.9. The molecule has 11 nitrogen and oxygen atoms in total. The van der Waals surface area contributed by atoms with Crippen LogP contribution in [0.1, 0.15) is 118 Å². The average Bonchev–Trinajstić information content (AvgIpc) is 3.25. The third kappa shape index (κ3) is 14.0. The molecule has 12 heteroatoms. The maximum absolute atomic E-state index is 11.1. The molecule has 0 fully saturated rings. The van der Waals surface area contributed by atoms with Gasteiger partial charge in [0, 0.05) is 76.5 Å². The number of hydrogen-bond donors (Lipinski definition) is 2. The van der Waals surface area contributed by atoms with Gasteiger partial charge in [0.2, 0.25) is 0 Å². The molecular formula is C52H76N4O7S. The number of rotatable bonds is 8. The molecule has 0 saturated carbocycles. The number of aliphatic hydroxyl groups excluding tert-OH is 2. The third-order valence-electron chi connectivity index (χ3n) is 12.8. The quantitative estimate of drug-likeness (QED) is 0.166. The van der Waals surface area contributed by atoms with Gasteiger partial charge >= 0.3 is 10.1 Å². The van der Waals surface area contributed by atoms with Crippen molar-refractivity contribution >= 4 is 10.1 Å². The van der Waals surface area contributed by atoms with E-state index < -0.39 is 16.2 Å². The number of nitrogens with zero attached hydrogens (tertiary/aromatic N) is 4. The molecule has 4 aromatic rings. The van der Waals surface area contributed by atoms with Gasteiger partial charge < -0.3 is 23.9 Å². The van der Waals surface area contributed by atoms with Crippen LogP contribution in [0, 0.1) is 6.92 Å². The summed E-state index contributed by atoms with van der Waals surface area (Å²) < 4.78 is 37.6. The number of aliphatic hydroxyl groups is 2. The van der Waals surface area contributed by atoms with Gasteiger partial charge in [0.1, 0.15) is 17.2 Å². The molecule has 4 aliphatic heterocycles. The van der Waals surface area contributed by atoms with E-state index in [1.54, 1.807) is 20.3 Å². The van der Waals surface area contributed by atoms with Gasteiger partial charge in [-0.25, -0.2) is 0 Å². The molecule has 2 atom stereocenters. The molecular weight excluding hydrogens is 825 g/mol. The van der Waals surface area contributed by atoms with Gasteiger partial charge in [-0.3, -0.25) is 19.6 Å². The first-order valence-corrected chi connectivity index (χ1v) is 24.8. The second kappa shape index (κ2) is 22.9. The van der Waals surface area contributed by atoms with E-state index in [0.717, 1.165) is 87.5 Å². The molecule has 0 saturated heterocycles. The molecule has 4 aliphatic rings. The Balaban J connectivity index is 0.000000161. The van der Waals surface area contributed by atoms with Crippen LogP contribution >= 0.6 is 0 Å². The molecule has 352 valence electrons. The van der Waals surface area contributed by atoms with Crippen LogP contribution in [0.3, 0.4) is 0 Å². The Morgan fingerprint density at radius 3 is 1.61 bits per heavy atom. The van der Waals surface area contributed by atoms with Crippen molar-refractivity contribution < 1.29 is 32.3 Å². The normalized spacial score (nSPS) is 18.9. The van der Waals surface area contributed by atoms with Gasteiger partial charge in [-0.1, -0.05) is 48.0 Å². The van der Waals surface area contributed by atoms with Crippen molar-refractivity contribution in [2.75, 3.05) is 46.7 Å². The van der Waals surface area contributed by atoms with Crippen LogP contribution in [-0.4, -0.2) is 109 Å². The summed E-state index contributed by atoms with van der Waals surface area (Å²) in [6.45, 7) is 27.1. The molecule has 0 radical (unpaired) electrons. The molecule has 2 unspecified atom stereocenters. The summed E-state index contributed by atoms with van der Waals surface area (Å²) in [5.74, 6) is 2.28. The molecule has 64 heavy (non-hydrogen) atoms. The number of methoxy groups -OCH3 is 2. The van der Waals surface area contributed by atoms with Crippen LogP contribution in [0.15, 0.2) is 72.8 Å². The second-order valence-corrected chi connectivity index (χ2v) is 20.4. The average molecular weight is 901 g/mol. The first kappa shape index (κ1) is 51.0. The van der Waals surface area contributed by atoms with E-state index in [1.807, 2.05) is 30.3 Å². The molecule has 4 aromatic carbocycles. The third-order valence-corrected chi connectivity index (χ3v) is 13.3. The Morgan fingerprint density at radius 1 is 0.562 bits per heavy atom. The van der Waals surface area contributed by atoms with E-state index >= 15 is 0 Å². The summed E-state index contributed by atoms with van der Waals surface area (Å²) in [5, 5.41) is 20.2. The van der Waals surface area contributed by atoms with Gasteiger partial charge in [-0.05, 0) is 150 Å². The maximum atomic E-state index is 11.1. The van der Waals surface area contributed by atoms with E-state index in [2.05, 4.69) is 118 Å². The van der Waals surface area contributed by atoms with Gasteiger partial charge in [0.15, 0.2) is 0 Å². The summed E-state index contributed by atoms with van der Waals surface area (Å²) >= 11 is 0. The SMILES string of the molecule is CC(C)N1CCc2cc(OS(C)(=O)=O)ccc2C1.COc1ccc2c(c1)C(O)CN(C(C)C)C2.COc1cccc2c1CCN(C(C)C)C2.Cc1ccc2c(c1)C(O)CN(C(C)C)C2. The highest BCUT2D eigenvalue weighted by atomic mass is 32.2. The monoisotopic (exact) mass is 901 g/mol. The first-order chi connectivity index (χ1) is 30.3. The Labute approximate surface area is 385 Å². The first-order valence-electron chi connectivity index (χ1n) is 23.0. The van der Waals surface area contributed by atoms with Crippen molar-refractivity contribution in [1.82, 2.24) is 19.6 Å². The van der Waals surface area contributed by atoms with Crippen molar-refractivity contribution in [3.8, 4) is 17.2 Å². The molecule has 0 bridgehead atoms. The summed E-state index contributed by atoms with van der Waals surface area (Å²) in [6, 6.07) is 26.3. The molecule has 0 aliphatic carbocycles. The Bertz CT molecular complexity index is 2240. The molecule has 4 heterocycles. The maximum Gasteiger partial charge on any atom is 0.306 e. The Kier molecular flexibility index (Phi) is 18.3. The van der Waals surface area contributed by atoms with Gasteiger partial charge in [-0.2, -0.15) is 8.42 Å². The lowest BCUT2D eigenvalue weighted by Gasteiger charge is -2.35. The zero-order valence-electron chi connectivity index (χ0n) is 40.6. The van der Waals surface area contributed by atoms with Crippen LogP contribution in [0.2, 0.25) is 0 Å². The molecule has 0 aromatic heterocycles. The molecule has 0 amide bonds. The minimum Gasteiger partial charge on any atom is -0.497 e. The fraction of sp³-hybridized carbons (Fsp3) is 0.538. The van der Waals surface area contributed by atoms with E-state index in [1.165, 1.54) is 38.9 Å². The van der Waals surface area contributed by atoms with Crippen LogP contribution in [0.4, 0.5) is 0 Å². The molecule has 0 spiro atoms. The second-order valence-electron chi connectivity index (χ2n) is 18.8. The minimum atomic E-state index is -3.44. The lowest BCUT2D eigenvalue weighted by atomic mass is 9.95. The van der Waals surface area contributed by atoms with E-state index in [4.69, 9.17) is 13.7 Å². The van der Waals surface area contributed by atoms with Crippen LogP contribution in [0.25, 0.3) is 0 Å². The number of β-amino-alcohol motifs (C(OH)–C–C–N with tert-alkyl or cyclic N) is 2. The van der Waals surface area contributed by atoms with E-state index in [9.17, 15) is 18.6 Å². The Hall–Kier alpha value is -4.01. The van der Waals surface area contributed by atoms with Crippen molar-refractivity contribution in [1.29, 1.82) is 0 Å². The summed E-state index contributed by atoms with van der Waals surface area (Å²) in [4.78, 5) is 9.49. The fourth-order valence-electron chi connectivity index (χ4n) is 8.76. The molecule has 2 N–H and O–H groups in total. The van der Waals surface area contributed by atoms with E-state index in [0.29, 0.717) is 36.5 Å². The largest absolute Gasteiger partial charge is 0.497 e. The number of hydrogen-bond acceptors (Lipinski definition) is 11. The Morgan fingerprint density at radius 2 is 1.06 bits per heavy atom. The van der Waals surface area contributed by atoms with E-state index in [-0.39, 0.29) is 6.10 Å². The van der Waals surface area contributed by atoms with Crippen LogP contribution in [0.5, 0.6) is 17.2 Å².